The van der Waals surface area contributed by atoms with Gasteiger partial charge in [0.1, 0.15) is 6.07 Å². The summed E-state index contributed by atoms with van der Waals surface area (Å²) < 4.78 is 0. The van der Waals surface area contributed by atoms with Gasteiger partial charge in [-0.15, -0.1) is 0 Å². The average Bonchev–Trinajstić information content (AvgIpc) is 2.26. The molecule has 0 aliphatic heterocycles. The molecular formula is C7H3N3O8. The summed E-state index contributed by atoms with van der Waals surface area (Å²) in [5.74, 6) is -1.87. The summed E-state index contributed by atoms with van der Waals surface area (Å²) in [5.41, 5.74) is -4.56. The molecule has 0 unspecified atom stereocenters. The minimum absolute atomic E-state index is 0.338. The lowest BCUT2D eigenvalue weighted by Crippen LogP contribution is -2.07. The SMILES string of the molecule is O=C(O)c1cc([N+](=O)[O-])cc([N+](=O)[O-])c1[N+](=O)[O-]. The number of rotatable bonds is 4. The molecule has 1 N–H and O–H groups in total. The molecule has 11 nitrogen and oxygen atoms in total. The van der Waals surface area contributed by atoms with Gasteiger partial charge in [-0.25, -0.2) is 4.79 Å². The Hall–Kier alpha value is -3.11. The van der Waals surface area contributed by atoms with Gasteiger partial charge in [-0.05, 0) is 0 Å². The Morgan fingerprint density at radius 3 is 1.89 bits per heavy atom. The third-order valence-electron chi connectivity index (χ3n) is 1.90. The molecule has 18 heavy (non-hydrogen) atoms. The molecule has 0 aromatic heterocycles. The number of benzene rings is 1. The van der Waals surface area contributed by atoms with Crippen LogP contribution in [0.25, 0.3) is 0 Å². The quantitative estimate of drug-likeness (QED) is 0.617. The van der Waals surface area contributed by atoms with Gasteiger partial charge in [0.2, 0.25) is 0 Å². The molecule has 1 rings (SSSR count). The largest absolute Gasteiger partial charge is 0.477 e. The molecular weight excluding hydrogens is 254 g/mol. The first-order valence-electron chi connectivity index (χ1n) is 4.10. The lowest BCUT2D eigenvalue weighted by Gasteiger charge is -1.99. The second-order valence-corrected chi connectivity index (χ2v) is 2.94. The Kier molecular flexibility index (Phi) is 3.17. The number of hydrogen-bond acceptors (Lipinski definition) is 7. The Labute approximate surface area is 96.7 Å². The number of aromatic carboxylic acids is 1. The molecule has 0 bridgehead atoms. The maximum Gasteiger partial charge on any atom is 0.361 e. The van der Waals surface area contributed by atoms with E-state index in [1.165, 1.54) is 0 Å². The van der Waals surface area contributed by atoms with Crippen LogP contribution in [0.4, 0.5) is 17.1 Å². The minimum Gasteiger partial charge on any atom is -0.477 e. The first-order chi connectivity index (χ1) is 8.25. The van der Waals surface area contributed by atoms with Crippen LogP contribution in [-0.4, -0.2) is 25.8 Å². The second-order valence-electron chi connectivity index (χ2n) is 2.94. The topological polar surface area (TPSA) is 167 Å². The van der Waals surface area contributed by atoms with Crippen molar-refractivity contribution in [3.63, 3.8) is 0 Å². The van der Waals surface area contributed by atoms with E-state index < -0.39 is 43.4 Å². The van der Waals surface area contributed by atoms with Gasteiger partial charge in [0.05, 0.1) is 14.8 Å². The Morgan fingerprint density at radius 1 is 1.00 bits per heavy atom. The van der Waals surface area contributed by atoms with E-state index in [4.69, 9.17) is 5.11 Å². The number of hydrogen-bond donors (Lipinski definition) is 1. The van der Waals surface area contributed by atoms with Crippen LogP contribution < -0.4 is 0 Å². The van der Waals surface area contributed by atoms with Gasteiger partial charge in [0, 0.05) is 6.07 Å². The summed E-state index contributed by atoms with van der Waals surface area (Å²) in [6.45, 7) is 0. The first-order valence-corrected chi connectivity index (χ1v) is 4.10. The Bertz CT molecular complexity index is 545. The number of nitro groups is 3. The third-order valence-corrected chi connectivity index (χ3v) is 1.90. The molecule has 0 fully saturated rings. The van der Waals surface area contributed by atoms with Gasteiger partial charge in [-0.2, -0.15) is 0 Å². The molecule has 0 radical (unpaired) electrons. The molecule has 0 saturated heterocycles. The molecule has 0 amide bonds. The highest BCUT2D eigenvalue weighted by Crippen LogP contribution is 2.34. The summed E-state index contributed by atoms with van der Waals surface area (Å²) in [7, 11) is 0. The van der Waals surface area contributed by atoms with Gasteiger partial charge in [0.25, 0.3) is 5.69 Å². The zero-order valence-corrected chi connectivity index (χ0v) is 8.30. The van der Waals surface area contributed by atoms with E-state index in [2.05, 4.69) is 0 Å². The van der Waals surface area contributed by atoms with Crippen molar-refractivity contribution in [2.45, 2.75) is 0 Å². The monoisotopic (exact) mass is 257 g/mol. The second kappa shape index (κ2) is 4.40. The van der Waals surface area contributed by atoms with Crippen molar-refractivity contribution >= 4 is 23.0 Å². The highest BCUT2D eigenvalue weighted by Gasteiger charge is 2.35. The zero-order valence-electron chi connectivity index (χ0n) is 8.30. The number of carboxylic acid groups (broad SMARTS) is 1. The van der Waals surface area contributed by atoms with Gasteiger partial charge in [-0.3, -0.25) is 30.3 Å². The standard InChI is InChI=1S/C7H3N3O8/c11-7(12)4-1-3(8(13)14)2-5(9(15)16)6(4)10(17)18/h1-2H,(H,11,12). The van der Waals surface area contributed by atoms with E-state index in [1.54, 1.807) is 0 Å². The Morgan fingerprint density at radius 2 is 1.56 bits per heavy atom. The molecule has 0 saturated carbocycles. The first kappa shape index (κ1) is 13.0. The fraction of sp³-hybridized carbons (Fsp3) is 0. The van der Waals surface area contributed by atoms with Crippen molar-refractivity contribution in [3.8, 4) is 0 Å². The van der Waals surface area contributed by atoms with E-state index >= 15 is 0 Å². The van der Waals surface area contributed by atoms with E-state index in [1.807, 2.05) is 0 Å². The van der Waals surface area contributed by atoms with Crippen LogP contribution in [0.3, 0.4) is 0 Å². The summed E-state index contributed by atoms with van der Waals surface area (Å²) in [5, 5.41) is 40.3. The van der Waals surface area contributed by atoms with Crippen LogP contribution in [0.5, 0.6) is 0 Å². The molecule has 0 aliphatic carbocycles. The number of carboxylic acids is 1. The van der Waals surface area contributed by atoms with Crippen LogP contribution in [0.2, 0.25) is 0 Å². The predicted octanol–water partition coefficient (Wildman–Crippen LogP) is 1.11. The number of non-ortho nitro benzene ring substituents is 1. The van der Waals surface area contributed by atoms with Crippen molar-refractivity contribution in [2.75, 3.05) is 0 Å². The van der Waals surface area contributed by atoms with Gasteiger partial charge in [-0.1, -0.05) is 0 Å². The average molecular weight is 257 g/mol. The third kappa shape index (κ3) is 2.18. The molecule has 0 atom stereocenters. The van der Waals surface area contributed by atoms with Crippen LogP contribution in [0.15, 0.2) is 12.1 Å². The minimum atomic E-state index is -1.87. The van der Waals surface area contributed by atoms with Gasteiger partial charge in [0.15, 0.2) is 5.56 Å². The summed E-state index contributed by atoms with van der Waals surface area (Å²) >= 11 is 0. The van der Waals surface area contributed by atoms with Crippen LogP contribution in [-0.2, 0) is 0 Å². The Balaban J connectivity index is 3.76. The van der Waals surface area contributed by atoms with E-state index in [-0.39, 0.29) is 0 Å². The zero-order chi connectivity index (χ0) is 14.0. The molecule has 1 aromatic rings. The number of nitro benzene ring substituents is 3. The molecule has 0 heterocycles. The maximum absolute atomic E-state index is 10.7. The molecule has 0 aliphatic rings. The van der Waals surface area contributed by atoms with E-state index in [9.17, 15) is 35.1 Å². The maximum atomic E-state index is 10.7. The number of nitrogens with zero attached hydrogens (tertiary/aromatic N) is 3. The fourth-order valence-corrected chi connectivity index (χ4v) is 1.20. The van der Waals surface area contributed by atoms with Crippen LogP contribution in [0.1, 0.15) is 10.4 Å². The lowest BCUT2D eigenvalue weighted by atomic mass is 10.1. The molecule has 94 valence electrons. The molecule has 0 spiro atoms. The summed E-state index contributed by atoms with van der Waals surface area (Å²) in [6, 6.07) is 0.734. The van der Waals surface area contributed by atoms with Gasteiger partial charge < -0.3 is 5.11 Å². The predicted molar refractivity (Wildman–Crippen MR) is 53.4 cm³/mol. The fourth-order valence-electron chi connectivity index (χ4n) is 1.20. The highest BCUT2D eigenvalue weighted by molar-refractivity contribution is 5.95. The lowest BCUT2D eigenvalue weighted by molar-refractivity contribution is -0.424. The van der Waals surface area contributed by atoms with Crippen molar-refractivity contribution in [1.29, 1.82) is 0 Å². The van der Waals surface area contributed by atoms with E-state index in [0.717, 1.165) is 0 Å². The summed E-state index contributed by atoms with van der Waals surface area (Å²) in [6.07, 6.45) is 0. The smallest absolute Gasteiger partial charge is 0.361 e. The van der Waals surface area contributed by atoms with Gasteiger partial charge >= 0.3 is 17.3 Å². The van der Waals surface area contributed by atoms with E-state index in [0.29, 0.717) is 12.1 Å². The molecule has 11 heteroatoms. The molecule has 1 aromatic carbocycles. The number of carbonyl (C=O) groups is 1. The van der Waals surface area contributed by atoms with Crippen molar-refractivity contribution in [3.05, 3.63) is 48.0 Å². The normalized spacial score (nSPS) is 9.78. The van der Waals surface area contributed by atoms with Crippen molar-refractivity contribution < 1.29 is 24.7 Å². The van der Waals surface area contributed by atoms with Crippen molar-refractivity contribution in [1.82, 2.24) is 0 Å². The summed E-state index contributed by atoms with van der Waals surface area (Å²) in [4.78, 5) is 38.7. The highest BCUT2D eigenvalue weighted by atomic mass is 16.6. The van der Waals surface area contributed by atoms with Crippen LogP contribution >= 0.6 is 0 Å². The van der Waals surface area contributed by atoms with Crippen LogP contribution in [0, 0.1) is 30.3 Å². The van der Waals surface area contributed by atoms with Crippen molar-refractivity contribution in [2.24, 2.45) is 0 Å².